The van der Waals surface area contributed by atoms with Crippen LogP contribution in [0.5, 0.6) is 0 Å². The number of anilines is 1. The van der Waals surface area contributed by atoms with Gasteiger partial charge in [0.25, 0.3) is 0 Å². The number of nitrogens with one attached hydrogen (secondary N) is 1. The third kappa shape index (κ3) is 1.56. The Bertz CT molecular complexity index is 666. The number of nitrogens with two attached hydrogens (primary N) is 1. The minimum Gasteiger partial charge on any atom is -0.382 e. The van der Waals surface area contributed by atoms with Crippen molar-refractivity contribution >= 4 is 16.7 Å². The van der Waals surface area contributed by atoms with Crippen molar-refractivity contribution in [2.24, 2.45) is 0 Å². The molecule has 0 saturated heterocycles. The van der Waals surface area contributed by atoms with Gasteiger partial charge in [-0.15, -0.1) is 0 Å². The molecule has 84 valence electrons. The summed E-state index contributed by atoms with van der Waals surface area (Å²) < 4.78 is 0. The van der Waals surface area contributed by atoms with Crippen LogP contribution in [0.3, 0.4) is 0 Å². The Labute approximate surface area is 99.3 Å². The molecule has 0 radical (unpaired) electrons. The number of hydrogen-bond donors (Lipinski definition) is 2. The molecule has 1 aromatic heterocycles. The Morgan fingerprint density at radius 2 is 1.82 bits per heavy atom. The van der Waals surface area contributed by atoms with Crippen LogP contribution in [0.4, 0.5) is 5.82 Å². The van der Waals surface area contributed by atoms with E-state index in [0.29, 0.717) is 5.82 Å². The van der Waals surface area contributed by atoms with Crippen LogP contribution in [0, 0.1) is 6.92 Å². The van der Waals surface area contributed by atoms with Crippen molar-refractivity contribution in [2.75, 3.05) is 5.73 Å². The summed E-state index contributed by atoms with van der Waals surface area (Å²) in [5.74, 6) is 0.552. The minimum absolute atomic E-state index is 0.552. The van der Waals surface area contributed by atoms with Gasteiger partial charge >= 0.3 is 0 Å². The number of benzene rings is 2. The Morgan fingerprint density at radius 1 is 1.06 bits per heavy atom. The summed E-state index contributed by atoms with van der Waals surface area (Å²) in [7, 11) is 0. The molecule has 3 N–H and O–H groups in total. The normalized spacial score (nSPS) is 10.9. The van der Waals surface area contributed by atoms with Crippen molar-refractivity contribution in [1.82, 2.24) is 10.2 Å². The van der Waals surface area contributed by atoms with Crippen LogP contribution in [0.2, 0.25) is 0 Å². The number of fused-ring (bicyclic) bond motifs is 1. The average molecular weight is 223 g/mol. The number of aryl methyl sites for hydroxylation is 1. The lowest BCUT2D eigenvalue weighted by atomic mass is 10.0. The van der Waals surface area contributed by atoms with Gasteiger partial charge in [-0.05, 0) is 24.1 Å². The predicted molar refractivity (Wildman–Crippen MR) is 70.7 cm³/mol. The molecule has 0 saturated carbocycles. The topological polar surface area (TPSA) is 54.7 Å². The van der Waals surface area contributed by atoms with E-state index in [1.54, 1.807) is 0 Å². The van der Waals surface area contributed by atoms with Gasteiger partial charge in [-0.3, -0.25) is 5.10 Å². The van der Waals surface area contributed by atoms with E-state index >= 15 is 0 Å². The SMILES string of the molecule is Cc1ccc(-c2cccc3[nH]nc(N)c23)cc1. The fourth-order valence-corrected chi connectivity index (χ4v) is 2.07. The van der Waals surface area contributed by atoms with E-state index in [-0.39, 0.29) is 0 Å². The van der Waals surface area contributed by atoms with Crippen LogP contribution in [0.15, 0.2) is 42.5 Å². The van der Waals surface area contributed by atoms with Crippen molar-refractivity contribution in [1.29, 1.82) is 0 Å². The van der Waals surface area contributed by atoms with Crippen LogP contribution in [0.1, 0.15) is 5.56 Å². The monoisotopic (exact) mass is 223 g/mol. The molecule has 2 aromatic carbocycles. The standard InChI is InChI=1S/C14H13N3/c1-9-5-7-10(8-6-9)11-3-2-4-12-13(11)14(15)17-16-12/h2-8H,1H3,(H3,15,16,17). The second-order valence-electron chi connectivity index (χ2n) is 4.20. The second-order valence-corrected chi connectivity index (χ2v) is 4.20. The zero-order valence-electron chi connectivity index (χ0n) is 9.57. The van der Waals surface area contributed by atoms with Crippen molar-refractivity contribution in [3.05, 3.63) is 48.0 Å². The van der Waals surface area contributed by atoms with Gasteiger partial charge in [-0.25, -0.2) is 0 Å². The molecular weight excluding hydrogens is 210 g/mol. The van der Waals surface area contributed by atoms with Crippen LogP contribution in [0.25, 0.3) is 22.0 Å². The number of nitrogen functional groups attached to an aromatic ring is 1. The maximum Gasteiger partial charge on any atom is 0.153 e. The zero-order chi connectivity index (χ0) is 11.8. The quantitative estimate of drug-likeness (QED) is 0.666. The molecule has 0 aliphatic carbocycles. The van der Waals surface area contributed by atoms with E-state index in [2.05, 4.69) is 47.5 Å². The van der Waals surface area contributed by atoms with Gasteiger partial charge in [0, 0.05) is 0 Å². The average Bonchev–Trinajstić information content (AvgIpc) is 2.73. The van der Waals surface area contributed by atoms with Gasteiger partial charge in [-0.1, -0.05) is 42.0 Å². The summed E-state index contributed by atoms with van der Waals surface area (Å²) in [6, 6.07) is 14.5. The summed E-state index contributed by atoms with van der Waals surface area (Å²) in [6.07, 6.45) is 0. The molecule has 3 heteroatoms. The number of rotatable bonds is 1. The third-order valence-corrected chi connectivity index (χ3v) is 2.98. The van der Waals surface area contributed by atoms with Crippen molar-refractivity contribution in [3.8, 4) is 11.1 Å². The molecule has 3 nitrogen and oxygen atoms in total. The van der Waals surface area contributed by atoms with Crippen molar-refractivity contribution in [3.63, 3.8) is 0 Å². The molecule has 17 heavy (non-hydrogen) atoms. The molecule has 0 fully saturated rings. The molecule has 0 amide bonds. The number of hydrogen-bond acceptors (Lipinski definition) is 2. The highest BCUT2D eigenvalue weighted by molar-refractivity contribution is 6.01. The molecular formula is C14H13N3. The highest BCUT2D eigenvalue weighted by Gasteiger charge is 2.08. The van der Waals surface area contributed by atoms with E-state index in [0.717, 1.165) is 22.0 Å². The Hall–Kier alpha value is -2.29. The fraction of sp³-hybridized carbons (Fsp3) is 0.0714. The summed E-state index contributed by atoms with van der Waals surface area (Å²) in [5, 5.41) is 7.98. The lowest BCUT2D eigenvalue weighted by Crippen LogP contribution is -1.86. The van der Waals surface area contributed by atoms with Crippen LogP contribution >= 0.6 is 0 Å². The molecule has 0 aliphatic rings. The van der Waals surface area contributed by atoms with Gasteiger partial charge < -0.3 is 5.73 Å². The van der Waals surface area contributed by atoms with E-state index in [1.807, 2.05) is 12.1 Å². The van der Waals surface area contributed by atoms with Crippen LogP contribution in [-0.2, 0) is 0 Å². The Balaban J connectivity index is 2.29. The molecule has 0 atom stereocenters. The number of H-pyrrole nitrogens is 1. The minimum atomic E-state index is 0.552. The smallest absolute Gasteiger partial charge is 0.153 e. The highest BCUT2D eigenvalue weighted by atomic mass is 15.1. The maximum atomic E-state index is 5.90. The van der Waals surface area contributed by atoms with E-state index < -0.39 is 0 Å². The second kappa shape index (κ2) is 3.63. The summed E-state index contributed by atoms with van der Waals surface area (Å²) in [5.41, 5.74) is 10.4. The Morgan fingerprint density at radius 3 is 2.59 bits per heavy atom. The number of aromatic amines is 1. The van der Waals surface area contributed by atoms with Gasteiger partial charge in [-0.2, -0.15) is 5.10 Å². The lowest BCUT2D eigenvalue weighted by molar-refractivity contribution is 1.13. The zero-order valence-corrected chi connectivity index (χ0v) is 9.57. The molecule has 0 unspecified atom stereocenters. The van der Waals surface area contributed by atoms with Crippen LogP contribution in [-0.4, -0.2) is 10.2 Å². The van der Waals surface area contributed by atoms with Gasteiger partial charge in [0.2, 0.25) is 0 Å². The Kier molecular flexibility index (Phi) is 2.11. The first kappa shape index (κ1) is 9.90. The molecule has 3 aromatic rings. The molecule has 0 bridgehead atoms. The largest absolute Gasteiger partial charge is 0.382 e. The molecule has 1 heterocycles. The first-order chi connectivity index (χ1) is 8.25. The van der Waals surface area contributed by atoms with Gasteiger partial charge in [0.05, 0.1) is 10.9 Å². The lowest BCUT2D eigenvalue weighted by Gasteiger charge is -2.04. The van der Waals surface area contributed by atoms with Crippen molar-refractivity contribution in [2.45, 2.75) is 6.92 Å². The summed E-state index contributed by atoms with van der Waals surface area (Å²) >= 11 is 0. The maximum absolute atomic E-state index is 5.90. The summed E-state index contributed by atoms with van der Waals surface area (Å²) in [4.78, 5) is 0. The van der Waals surface area contributed by atoms with Gasteiger partial charge in [0.15, 0.2) is 5.82 Å². The fourth-order valence-electron chi connectivity index (χ4n) is 2.07. The third-order valence-electron chi connectivity index (χ3n) is 2.98. The first-order valence-corrected chi connectivity index (χ1v) is 5.55. The summed E-state index contributed by atoms with van der Waals surface area (Å²) in [6.45, 7) is 2.08. The van der Waals surface area contributed by atoms with Gasteiger partial charge in [0.1, 0.15) is 0 Å². The first-order valence-electron chi connectivity index (χ1n) is 5.55. The van der Waals surface area contributed by atoms with E-state index in [9.17, 15) is 0 Å². The highest BCUT2D eigenvalue weighted by Crippen LogP contribution is 2.31. The van der Waals surface area contributed by atoms with Crippen LogP contribution < -0.4 is 5.73 Å². The molecule has 0 aliphatic heterocycles. The molecule has 0 spiro atoms. The van der Waals surface area contributed by atoms with Crippen molar-refractivity contribution < 1.29 is 0 Å². The molecule has 3 rings (SSSR count). The predicted octanol–water partition coefficient (Wildman–Crippen LogP) is 3.12. The number of nitrogens with zero attached hydrogens (tertiary/aromatic N) is 1. The van der Waals surface area contributed by atoms with E-state index in [4.69, 9.17) is 5.73 Å². The van der Waals surface area contributed by atoms with E-state index in [1.165, 1.54) is 5.56 Å². The number of aromatic nitrogens is 2.